The summed E-state index contributed by atoms with van der Waals surface area (Å²) in [4.78, 5) is 36.8. The van der Waals surface area contributed by atoms with Crippen molar-refractivity contribution in [2.75, 3.05) is 20.2 Å². The smallest absolute Gasteiger partial charge is 0.314 e. The van der Waals surface area contributed by atoms with Crippen LogP contribution >= 0.6 is 0 Å². The lowest BCUT2D eigenvalue weighted by Gasteiger charge is -2.19. The maximum absolute atomic E-state index is 12.9. The largest absolute Gasteiger partial charge is 0.493 e. The Balaban J connectivity index is 2.13. The van der Waals surface area contributed by atoms with E-state index in [9.17, 15) is 14.4 Å². The molecule has 0 radical (unpaired) electrons. The average Bonchev–Trinajstić information content (AvgIpc) is 2.88. The maximum atomic E-state index is 12.9. The molecule has 40 heavy (non-hydrogen) atoms. The van der Waals surface area contributed by atoms with Crippen molar-refractivity contribution in [3.05, 3.63) is 59.2 Å². The molecule has 0 saturated carbocycles. The summed E-state index contributed by atoms with van der Waals surface area (Å²) >= 11 is 0. The zero-order valence-corrected chi connectivity index (χ0v) is 24.9. The summed E-state index contributed by atoms with van der Waals surface area (Å²) in [7, 11) is 0. The van der Waals surface area contributed by atoms with Crippen molar-refractivity contribution in [3.8, 4) is 17.2 Å². The minimum Gasteiger partial charge on any atom is -0.493 e. The summed E-state index contributed by atoms with van der Waals surface area (Å²) in [6.45, 7) is 14.6. The van der Waals surface area contributed by atoms with Gasteiger partial charge in [-0.3, -0.25) is 14.4 Å². The Morgan fingerprint density at radius 1 is 0.750 bits per heavy atom. The van der Waals surface area contributed by atoms with Gasteiger partial charge in [0.25, 0.3) is 0 Å². The highest BCUT2D eigenvalue weighted by Crippen LogP contribution is 2.32. The molecule has 0 aromatic heterocycles. The van der Waals surface area contributed by atoms with Crippen molar-refractivity contribution in [2.24, 2.45) is 10.8 Å². The van der Waals surface area contributed by atoms with Gasteiger partial charge in [0.05, 0.1) is 17.4 Å². The second-order valence-corrected chi connectivity index (χ2v) is 11.3. The number of allylic oxidation sites excluding steroid dienone is 1. The van der Waals surface area contributed by atoms with Gasteiger partial charge >= 0.3 is 11.9 Å². The molecule has 0 aliphatic heterocycles. The first-order chi connectivity index (χ1) is 18.8. The van der Waals surface area contributed by atoms with Crippen molar-refractivity contribution < 1.29 is 38.1 Å². The van der Waals surface area contributed by atoms with Crippen LogP contribution in [0.5, 0.6) is 17.2 Å². The van der Waals surface area contributed by atoms with Crippen LogP contribution in [0, 0.1) is 10.8 Å². The van der Waals surface area contributed by atoms with Gasteiger partial charge in [0.15, 0.2) is 5.78 Å². The van der Waals surface area contributed by atoms with Gasteiger partial charge < -0.3 is 23.7 Å². The molecule has 0 aliphatic rings. The molecular formula is C32H42O8. The lowest BCUT2D eigenvalue weighted by molar-refractivity contribution is -0.160. The summed E-state index contributed by atoms with van der Waals surface area (Å²) in [5.74, 6) is 0.697. The first kappa shape index (κ1) is 32.4. The SMILES string of the molecule is CCCc1cc(/C=C/C(=O)c2ccc(OCOC(=O)C(C)(C)C)cc2)c(OCC)cc1OCOC(=O)C(C)(C)C. The van der Waals surface area contributed by atoms with E-state index in [4.69, 9.17) is 23.7 Å². The van der Waals surface area contributed by atoms with Crippen LogP contribution in [-0.4, -0.2) is 37.9 Å². The van der Waals surface area contributed by atoms with Crippen LogP contribution in [0.25, 0.3) is 6.08 Å². The highest BCUT2D eigenvalue weighted by Gasteiger charge is 2.24. The van der Waals surface area contributed by atoms with Gasteiger partial charge in [-0.2, -0.15) is 0 Å². The van der Waals surface area contributed by atoms with E-state index in [2.05, 4.69) is 6.92 Å². The van der Waals surface area contributed by atoms with Crippen LogP contribution in [0.1, 0.15) is 83.3 Å². The average molecular weight is 555 g/mol. The molecule has 0 bridgehead atoms. The minimum atomic E-state index is -0.623. The summed E-state index contributed by atoms with van der Waals surface area (Å²) < 4.78 is 27.5. The Labute approximate surface area is 237 Å². The Morgan fingerprint density at radius 3 is 1.85 bits per heavy atom. The van der Waals surface area contributed by atoms with Crippen molar-refractivity contribution in [2.45, 2.75) is 68.2 Å². The second-order valence-electron chi connectivity index (χ2n) is 11.3. The van der Waals surface area contributed by atoms with E-state index in [0.29, 0.717) is 29.4 Å². The molecule has 2 aromatic carbocycles. The van der Waals surface area contributed by atoms with Crippen molar-refractivity contribution in [3.63, 3.8) is 0 Å². The van der Waals surface area contributed by atoms with Gasteiger partial charge in [-0.15, -0.1) is 0 Å². The molecule has 0 heterocycles. The number of carbonyl (C=O) groups is 3. The van der Waals surface area contributed by atoms with Crippen molar-refractivity contribution >= 4 is 23.8 Å². The molecular weight excluding hydrogens is 512 g/mol. The Bertz CT molecular complexity index is 1180. The summed E-state index contributed by atoms with van der Waals surface area (Å²) in [5.41, 5.74) is 0.890. The molecule has 8 heteroatoms. The van der Waals surface area contributed by atoms with E-state index < -0.39 is 10.8 Å². The molecule has 218 valence electrons. The number of rotatable bonds is 13. The first-order valence-electron chi connectivity index (χ1n) is 13.5. The van der Waals surface area contributed by atoms with Crippen molar-refractivity contribution in [1.29, 1.82) is 0 Å². The summed E-state index contributed by atoms with van der Waals surface area (Å²) in [5, 5.41) is 0. The molecule has 2 rings (SSSR count). The number of carbonyl (C=O) groups excluding carboxylic acids is 3. The zero-order chi connectivity index (χ0) is 29.9. The van der Waals surface area contributed by atoms with Gasteiger partial charge in [0.2, 0.25) is 13.6 Å². The number of hydrogen-bond donors (Lipinski definition) is 0. The summed E-state index contributed by atoms with van der Waals surface area (Å²) in [6, 6.07) is 10.3. The van der Waals surface area contributed by atoms with Gasteiger partial charge in [-0.25, -0.2) is 0 Å². The van der Waals surface area contributed by atoms with E-state index in [1.54, 1.807) is 78.0 Å². The highest BCUT2D eigenvalue weighted by molar-refractivity contribution is 6.07. The predicted octanol–water partition coefficient (Wildman–Crippen LogP) is 6.79. The van der Waals surface area contributed by atoms with Gasteiger partial charge in [-0.05, 0) is 103 Å². The molecule has 0 unspecified atom stereocenters. The van der Waals surface area contributed by atoms with E-state index in [0.717, 1.165) is 24.0 Å². The molecule has 0 atom stereocenters. The topological polar surface area (TPSA) is 97.4 Å². The Morgan fingerprint density at radius 2 is 1.32 bits per heavy atom. The summed E-state index contributed by atoms with van der Waals surface area (Å²) in [6.07, 6.45) is 4.81. The zero-order valence-electron chi connectivity index (χ0n) is 24.9. The van der Waals surface area contributed by atoms with E-state index >= 15 is 0 Å². The number of benzene rings is 2. The van der Waals surface area contributed by atoms with Crippen LogP contribution in [-0.2, 0) is 25.5 Å². The van der Waals surface area contributed by atoms with Crippen LogP contribution in [0.2, 0.25) is 0 Å². The molecule has 0 aliphatic carbocycles. The Kier molecular flexibility index (Phi) is 11.8. The first-order valence-corrected chi connectivity index (χ1v) is 13.5. The van der Waals surface area contributed by atoms with Crippen LogP contribution < -0.4 is 14.2 Å². The Hall–Kier alpha value is -3.81. The van der Waals surface area contributed by atoms with Crippen LogP contribution in [0.3, 0.4) is 0 Å². The molecule has 0 saturated heterocycles. The maximum Gasteiger partial charge on any atom is 0.314 e. The minimum absolute atomic E-state index is 0.195. The van der Waals surface area contributed by atoms with E-state index in [1.165, 1.54) is 6.08 Å². The monoisotopic (exact) mass is 554 g/mol. The fraction of sp³-hybridized carbons (Fsp3) is 0.469. The fourth-order valence-corrected chi connectivity index (χ4v) is 3.34. The standard InChI is InChI=1S/C32H42O8/c1-9-11-23-18-24(27(36-10-2)19-28(23)38-21-40-30(35)32(6,7)8)14-17-26(33)22-12-15-25(16-13-22)37-20-39-29(34)31(3,4)5/h12-19H,9-11,20-21H2,1-8H3/b17-14+. The number of esters is 2. The number of ketones is 1. The van der Waals surface area contributed by atoms with Gasteiger partial charge in [-0.1, -0.05) is 13.3 Å². The third-order valence-corrected chi connectivity index (χ3v) is 5.61. The van der Waals surface area contributed by atoms with E-state index in [-0.39, 0.29) is 31.3 Å². The second kappa shape index (κ2) is 14.5. The fourth-order valence-electron chi connectivity index (χ4n) is 3.34. The van der Waals surface area contributed by atoms with Gasteiger partial charge in [0.1, 0.15) is 17.2 Å². The van der Waals surface area contributed by atoms with Crippen LogP contribution in [0.4, 0.5) is 0 Å². The third kappa shape index (κ3) is 10.1. The molecule has 0 amide bonds. The quantitative estimate of drug-likeness (QED) is 0.116. The molecule has 0 fully saturated rings. The number of hydrogen-bond acceptors (Lipinski definition) is 8. The predicted molar refractivity (Wildman–Crippen MR) is 153 cm³/mol. The van der Waals surface area contributed by atoms with Gasteiger partial charge in [0, 0.05) is 17.2 Å². The molecule has 2 aromatic rings. The number of aryl methyl sites for hydroxylation is 1. The lowest BCUT2D eigenvalue weighted by atomic mass is 9.97. The van der Waals surface area contributed by atoms with E-state index in [1.807, 2.05) is 13.0 Å². The molecule has 0 spiro atoms. The molecule has 0 N–H and O–H groups in total. The normalized spacial score (nSPS) is 11.7. The third-order valence-electron chi connectivity index (χ3n) is 5.61. The molecule has 8 nitrogen and oxygen atoms in total. The van der Waals surface area contributed by atoms with Crippen molar-refractivity contribution in [1.82, 2.24) is 0 Å². The van der Waals surface area contributed by atoms with Crippen LogP contribution in [0.15, 0.2) is 42.5 Å². The highest BCUT2D eigenvalue weighted by atomic mass is 16.7. The lowest BCUT2D eigenvalue weighted by Crippen LogP contribution is -2.24. The number of ether oxygens (including phenoxy) is 5.